The van der Waals surface area contributed by atoms with Crippen molar-refractivity contribution < 1.29 is 136 Å². The first-order valence-corrected chi connectivity index (χ1v) is 49.6. The molecule has 826 valence electrons. The number of carbonyl (C=O) groups is 22. The lowest BCUT2D eigenvalue weighted by atomic mass is 9.97. The predicted octanol–water partition coefficient (Wildman–Crippen LogP) is -11.0. The van der Waals surface area contributed by atoms with Crippen LogP contribution in [0.4, 0.5) is 0 Å². The lowest BCUT2D eigenvalue weighted by Gasteiger charge is -2.30. The fourth-order valence-electron chi connectivity index (χ4n) is 14.5. The molecule has 36 N–H and O–H groups in total. The van der Waals surface area contributed by atoms with E-state index in [-0.39, 0.29) is 68.8 Å². The molecule has 148 heavy (non-hydrogen) atoms. The largest absolute Gasteiger partial charge is 0.480 e. The lowest BCUT2D eigenvalue weighted by Crippen LogP contribution is -2.63. The van der Waals surface area contributed by atoms with Gasteiger partial charge in [-0.1, -0.05) is 106 Å². The number of thioether (sulfide) groups is 1. The highest BCUT2D eigenvalue weighted by Crippen LogP contribution is 2.18. The Labute approximate surface area is 859 Å². The Morgan fingerprint density at radius 3 is 1.11 bits per heavy atom. The van der Waals surface area contributed by atoms with Crippen molar-refractivity contribution in [3.8, 4) is 0 Å². The van der Waals surface area contributed by atoms with Crippen LogP contribution in [0.3, 0.4) is 0 Å². The average Bonchev–Trinajstić information content (AvgIpc) is 1.12. The van der Waals surface area contributed by atoms with Crippen molar-refractivity contribution in [1.29, 1.82) is 0 Å². The number of amides is 21. The van der Waals surface area contributed by atoms with Crippen LogP contribution in [-0.2, 0) is 125 Å². The molecule has 0 fully saturated rings. The van der Waals surface area contributed by atoms with Crippen molar-refractivity contribution in [2.24, 2.45) is 58.3 Å². The molecule has 0 saturated heterocycles. The van der Waals surface area contributed by atoms with Crippen molar-refractivity contribution in [2.75, 3.05) is 38.3 Å². The number of primary amides is 3. The molecule has 0 spiro atoms. The molecular weight excluding hydrogens is 1960 g/mol. The van der Waals surface area contributed by atoms with Crippen LogP contribution in [0, 0.1) is 29.6 Å². The zero-order chi connectivity index (χ0) is 112. The van der Waals surface area contributed by atoms with Gasteiger partial charge in [0.15, 0.2) is 0 Å². The number of aromatic nitrogens is 4. The predicted molar refractivity (Wildman–Crippen MR) is 531 cm³/mol. The summed E-state index contributed by atoms with van der Waals surface area (Å²) in [6.45, 7) is 16.2. The van der Waals surface area contributed by atoms with E-state index in [9.17, 15) is 131 Å². The number of unbranched alkanes of at least 4 members (excludes halogenated alkanes) is 1. The third-order valence-electron chi connectivity index (χ3n) is 23.0. The second kappa shape index (κ2) is 64.9. The van der Waals surface area contributed by atoms with E-state index in [1.165, 1.54) is 64.5 Å². The molecule has 0 saturated carbocycles. The van der Waals surface area contributed by atoms with Gasteiger partial charge in [0.1, 0.15) is 109 Å². The Balaban J connectivity index is 1.96. The fourth-order valence-corrected chi connectivity index (χ4v) is 15.0. The number of imidazole rings is 2. The molecule has 0 unspecified atom stereocenters. The molecule has 1 aromatic carbocycles. The number of carboxylic acids is 1. The van der Waals surface area contributed by atoms with E-state index in [0.717, 1.165) is 13.8 Å². The number of aromatic amines is 2. The minimum Gasteiger partial charge on any atom is -0.480 e. The van der Waals surface area contributed by atoms with Gasteiger partial charge in [-0.2, -0.15) is 11.8 Å². The molecule has 2 aromatic heterocycles. The van der Waals surface area contributed by atoms with Crippen LogP contribution >= 0.6 is 11.8 Å². The van der Waals surface area contributed by atoms with Gasteiger partial charge in [0.2, 0.25) is 124 Å². The maximum absolute atomic E-state index is 15.0. The molecule has 55 nitrogen and oxygen atoms in total. The lowest BCUT2D eigenvalue weighted by molar-refractivity contribution is -0.143. The molecule has 0 aliphatic heterocycles. The summed E-state index contributed by atoms with van der Waals surface area (Å²) in [4.78, 5) is 319. The minimum atomic E-state index is -2.14. The van der Waals surface area contributed by atoms with Gasteiger partial charge in [0, 0.05) is 43.0 Å². The first-order valence-electron chi connectivity index (χ1n) is 48.2. The van der Waals surface area contributed by atoms with Gasteiger partial charge in [-0.3, -0.25) is 101 Å². The molecule has 2 heterocycles. The summed E-state index contributed by atoms with van der Waals surface area (Å²) in [6, 6.07) is -22.9. The molecule has 21 amide bonds. The number of hydrogen-bond donors (Lipinski definition) is 31. The Kier molecular flexibility index (Phi) is 56.2. The normalized spacial score (nSPS) is 15.8. The van der Waals surface area contributed by atoms with Crippen molar-refractivity contribution in [3.05, 3.63) is 72.3 Å². The van der Waals surface area contributed by atoms with Gasteiger partial charge in [0.25, 0.3) is 0 Å². The number of aliphatic hydroxyl groups excluding tert-OH is 5. The van der Waals surface area contributed by atoms with E-state index in [2.05, 4.69) is 116 Å². The Morgan fingerprint density at radius 2 is 0.703 bits per heavy atom. The molecule has 0 aliphatic carbocycles. The summed E-state index contributed by atoms with van der Waals surface area (Å²) >= 11 is 1.36. The maximum atomic E-state index is 15.0. The number of rotatable bonds is 69. The van der Waals surface area contributed by atoms with Crippen LogP contribution in [0.15, 0.2) is 55.4 Å². The van der Waals surface area contributed by atoms with E-state index in [4.69, 9.17) is 28.7 Å². The third kappa shape index (κ3) is 45.2. The molecule has 22 atom stereocenters. The number of H-pyrrole nitrogens is 2. The van der Waals surface area contributed by atoms with Gasteiger partial charge >= 0.3 is 5.97 Å². The number of benzene rings is 1. The van der Waals surface area contributed by atoms with Gasteiger partial charge in [-0.15, -0.1) is 0 Å². The second-order valence-electron chi connectivity index (χ2n) is 37.4. The van der Waals surface area contributed by atoms with Crippen LogP contribution in [0.25, 0.3) is 0 Å². The van der Waals surface area contributed by atoms with E-state index in [1.807, 2.05) is 0 Å². The van der Waals surface area contributed by atoms with E-state index in [0.29, 0.717) is 17.7 Å². The van der Waals surface area contributed by atoms with Gasteiger partial charge in [0.05, 0.1) is 70.0 Å². The van der Waals surface area contributed by atoms with Gasteiger partial charge in [-0.25, -0.2) is 14.8 Å². The number of aliphatic carboxylic acids is 1. The SMILES string of the molecule is CC[C@H](C)[C@H](NC(=O)[C@@H](NC(=O)[C@@H](NC(=O)CNC(=O)[C@@H](NC(=O)[C@H](CO)NC(=O)[C@@H](N)[C@@H](C)O)[C@@H](C)O)C(C)C)[C@@H](C)O)C(=O)N[C@@H](CO)C(=O)N[C@@H](CC(N)=O)C(=O)N[C@@H](CC(N)=O)C(=O)N[C@@H](CC(C)C)C(=O)N[C@@H](Cc1ccccc1)C(=O)N[C@@H](CC(N)=O)C(=O)N[C@@H](Cc1cnc[nH]1)C(=O)N[C@@H](Cc1cnc[nH]1)C(=O)N[C@@H](CCCCN)C(=O)N[C@H](C(=O)N[C@@H](CCSC)C(=O)N[C@@H](CC(C)C)C(=O)O)C(C)C. The van der Waals surface area contributed by atoms with Crippen molar-refractivity contribution in [1.82, 2.24) is 116 Å². The summed E-state index contributed by atoms with van der Waals surface area (Å²) < 4.78 is 0. The molecular formula is C92H149N27O28S. The monoisotopic (exact) mass is 2110 g/mol. The smallest absolute Gasteiger partial charge is 0.326 e. The highest BCUT2D eigenvalue weighted by atomic mass is 32.2. The number of carbonyl (C=O) groups excluding carboxylic acids is 21. The van der Waals surface area contributed by atoms with Gasteiger partial charge < -0.3 is 165 Å². The van der Waals surface area contributed by atoms with Crippen molar-refractivity contribution in [3.63, 3.8) is 0 Å². The topological polar surface area (TPSA) is 901 Å². The van der Waals surface area contributed by atoms with Crippen LogP contribution in [0.2, 0.25) is 0 Å². The highest BCUT2D eigenvalue weighted by Gasteiger charge is 2.43. The number of carboxylic acid groups (broad SMARTS) is 1. The van der Waals surface area contributed by atoms with Crippen molar-refractivity contribution >= 4 is 142 Å². The minimum absolute atomic E-state index is 0.0706. The molecule has 3 rings (SSSR count). The first-order chi connectivity index (χ1) is 69.5. The summed E-state index contributed by atoms with van der Waals surface area (Å²) in [7, 11) is 0. The average molecular weight is 2110 g/mol. The van der Waals surface area contributed by atoms with Gasteiger partial charge in [-0.05, 0) is 113 Å². The zero-order valence-corrected chi connectivity index (χ0v) is 86.1. The molecule has 0 aliphatic rings. The Morgan fingerprint density at radius 1 is 0.372 bits per heavy atom. The quantitative estimate of drug-likeness (QED) is 0.0233. The molecule has 3 aromatic rings. The number of nitrogens with one attached hydrogen (secondary N) is 20. The van der Waals surface area contributed by atoms with E-state index < -0.39 is 333 Å². The Bertz CT molecular complexity index is 4920. The fraction of sp³-hybridized carbons (Fsp3) is 0.630. The summed E-state index contributed by atoms with van der Waals surface area (Å²) in [6.07, 6.45) is -1.81. The highest BCUT2D eigenvalue weighted by molar-refractivity contribution is 7.98. The molecule has 0 radical (unpaired) electrons. The van der Waals surface area contributed by atoms with Crippen LogP contribution in [0.5, 0.6) is 0 Å². The molecule has 0 bridgehead atoms. The summed E-state index contributed by atoms with van der Waals surface area (Å²) in [5.41, 5.74) is 29.1. The van der Waals surface area contributed by atoms with E-state index >= 15 is 4.79 Å². The standard InChI is InChI=1S/C92H149N27O28S/c1-15-46(10)72(117-91(145)74(49(13)124)119-89(143)70(44(6)7)115-68(128)37-100-87(141)73(48(12)123)118-85(139)64(39-121)113-86(140)69(97)47(11)122)90(144)114-63(38-120)84(138)111-61(34-67(96)127)83(137)110-59(32-65(94)125)81(135)105-55(27-42(2)3)77(131)106-56(29-50-21-17-16-18-22-50)78(132)109-60(33-66(95)126)82(136)108-58(31-52-36-99-41-102-52)80(134)107-57(30-51-35-98-40-101-51)79(133)103-53(23-19-20-25-93)76(130)116-71(45(8)9)88(142)104-54(24-26-148-14)75(129)112-62(92(146)147)28-43(4)5/h16-18,21-22,35-36,40-49,53-64,69-74,120-124H,15,19-20,23-34,37-39,93,97H2,1-14H3,(H2,94,125)(H2,95,126)(H2,96,127)(H,98,101)(H,99,102)(H,100,141)(H,103,133)(H,104,142)(H,105,135)(H,106,131)(H,107,134)(H,108,136)(H,109,132)(H,110,137)(H,111,138)(H,112,129)(H,113,140)(H,114,144)(H,115,128)(H,116,130)(H,117,145)(H,118,139)(H,119,143)(H,146,147)/t46-,47+,48+,49+,53-,54-,55-,56-,57-,58-,59-,60-,61-,62-,63-,64-,69-,70-,71-,72-,73-,74-/m0/s1. The Hall–Kier alpha value is -13.9. The van der Waals surface area contributed by atoms with E-state index in [1.54, 1.807) is 85.1 Å². The molecule has 56 heteroatoms. The summed E-state index contributed by atoms with van der Waals surface area (Å²) in [5.74, 6) is -28.0. The zero-order valence-electron chi connectivity index (χ0n) is 85.3. The van der Waals surface area contributed by atoms with Crippen LogP contribution in [0.1, 0.15) is 171 Å². The second-order valence-corrected chi connectivity index (χ2v) is 38.3. The number of nitrogens with two attached hydrogens (primary N) is 5. The van der Waals surface area contributed by atoms with Crippen LogP contribution < -0.4 is 124 Å². The first kappa shape index (κ1) is 128. The maximum Gasteiger partial charge on any atom is 0.326 e. The number of nitrogens with zero attached hydrogens (tertiary/aromatic N) is 2. The third-order valence-corrected chi connectivity index (χ3v) is 23.7. The number of hydrogen-bond acceptors (Lipinski definition) is 32. The summed E-state index contributed by atoms with van der Waals surface area (Å²) in [5, 5.41) is 104. The van der Waals surface area contributed by atoms with Crippen LogP contribution in [-0.4, -0.2) is 346 Å². The number of aliphatic hydroxyl groups is 5. The van der Waals surface area contributed by atoms with Crippen molar-refractivity contribution in [2.45, 2.75) is 301 Å².